The molecule has 1 rings (SSSR count). The predicted molar refractivity (Wildman–Crippen MR) is 68.7 cm³/mol. The first kappa shape index (κ1) is 12.4. The fourth-order valence-electron chi connectivity index (χ4n) is 1.69. The van der Waals surface area contributed by atoms with Gasteiger partial charge in [-0.3, -0.25) is 4.79 Å². The van der Waals surface area contributed by atoms with Crippen molar-refractivity contribution in [3.05, 3.63) is 18.2 Å². The lowest BCUT2D eigenvalue weighted by Gasteiger charge is -2.23. The molecule has 0 saturated carbocycles. The number of benzene rings is 1. The zero-order chi connectivity index (χ0) is 12.1. The first-order valence-corrected chi connectivity index (χ1v) is 5.50. The number of nitrogens with one attached hydrogen (secondary N) is 1. The lowest BCUT2D eigenvalue weighted by atomic mass is 10.2. The molecular weight excluding hydrogens is 202 g/mol. The van der Waals surface area contributed by atoms with Crippen LogP contribution in [0.1, 0.15) is 20.8 Å². The summed E-state index contributed by atoms with van der Waals surface area (Å²) in [6.45, 7) is 7.49. The molecule has 0 aliphatic heterocycles. The quantitative estimate of drug-likeness (QED) is 0.765. The van der Waals surface area contributed by atoms with Gasteiger partial charge in [-0.05, 0) is 32.0 Å². The van der Waals surface area contributed by atoms with Crippen LogP contribution in [-0.2, 0) is 4.79 Å². The molecule has 0 spiro atoms. The Hall–Kier alpha value is -1.71. The van der Waals surface area contributed by atoms with Crippen LogP contribution in [0.25, 0.3) is 0 Å². The second kappa shape index (κ2) is 5.39. The minimum absolute atomic E-state index is 0.0880. The fourth-order valence-corrected chi connectivity index (χ4v) is 1.69. The number of rotatable bonds is 4. The molecule has 4 heteroatoms. The van der Waals surface area contributed by atoms with Gasteiger partial charge in [-0.25, -0.2) is 0 Å². The van der Waals surface area contributed by atoms with E-state index in [1.807, 2.05) is 12.1 Å². The van der Waals surface area contributed by atoms with E-state index in [1.54, 1.807) is 6.07 Å². The minimum Gasteiger partial charge on any atom is -0.397 e. The topological polar surface area (TPSA) is 58.4 Å². The second-order valence-corrected chi connectivity index (χ2v) is 3.63. The number of anilines is 3. The summed E-state index contributed by atoms with van der Waals surface area (Å²) >= 11 is 0. The SMILES string of the molecule is CCN(CC)c1ccc(NC(C)=O)cc1N. The normalized spacial score (nSPS) is 9.94. The van der Waals surface area contributed by atoms with Crippen LogP contribution in [-0.4, -0.2) is 19.0 Å². The van der Waals surface area contributed by atoms with Crippen LogP contribution in [0.5, 0.6) is 0 Å². The third-order valence-corrected chi connectivity index (χ3v) is 2.45. The fraction of sp³-hybridized carbons (Fsp3) is 0.417. The maximum atomic E-state index is 10.9. The molecule has 0 aliphatic rings. The number of carbonyl (C=O) groups excluding carboxylic acids is 1. The van der Waals surface area contributed by atoms with Gasteiger partial charge in [0.25, 0.3) is 0 Å². The van der Waals surface area contributed by atoms with Crippen molar-refractivity contribution in [3.8, 4) is 0 Å². The Kier molecular flexibility index (Phi) is 4.17. The second-order valence-electron chi connectivity index (χ2n) is 3.63. The van der Waals surface area contributed by atoms with Crippen molar-refractivity contribution < 1.29 is 4.79 Å². The van der Waals surface area contributed by atoms with Crippen LogP contribution in [0.15, 0.2) is 18.2 Å². The number of amides is 1. The van der Waals surface area contributed by atoms with E-state index >= 15 is 0 Å². The van der Waals surface area contributed by atoms with E-state index in [1.165, 1.54) is 6.92 Å². The maximum Gasteiger partial charge on any atom is 0.221 e. The monoisotopic (exact) mass is 221 g/mol. The van der Waals surface area contributed by atoms with Crippen LogP contribution in [0.4, 0.5) is 17.1 Å². The molecule has 0 atom stereocenters. The van der Waals surface area contributed by atoms with Crippen molar-refractivity contribution in [2.75, 3.05) is 29.0 Å². The van der Waals surface area contributed by atoms with E-state index in [9.17, 15) is 4.79 Å². The molecule has 0 saturated heterocycles. The molecule has 0 unspecified atom stereocenters. The van der Waals surface area contributed by atoms with Crippen molar-refractivity contribution in [1.82, 2.24) is 0 Å². The molecule has 1 aromatic rings. The summed E-state index contributed by atoms with van der Waals surface area (Å²) in [5.41, 5.74) is 8.40. The number of nitrogens with zero attached hydrogens (tertiary/aromatic N) is 1. The molecule has 0 aromatic heterocycles. The number of nitrogens with two attached hydrogens (primary N) is 1. The van der Waals surface area contributed by atoms with Crippen molar-refractivity contribution in [2.24, 2.45) is 0 Å². The molecule has 4 nitrogen and oxygen atoms in total. The first-order chi connectivity index (χ1) is 7.58. The van der Waals surface area contributed by atoms with Gasteiger partial charge in [-0.15, -0.1) is 0 Å². The highest BCUT2D eigenvalue weighted by atomic mass is 16.1. The number of nitrogen functional groups attached to an aromatic ring is 1. The van der Waals surface area contributed by atoms with Crippen LogP contribution in [0, 0.1) is 0 Å². The summed E-state index contributed by atoms with van der Waals surface area (Å²) in [6.07, 6.45) is 0. The summed E-state index contributed by atoms with van der Waals surface area (Å²) in [5.74, 6) is -0.0880. The van der Waals surface area contributed by atoms with E-state index in [-0.39, 0.29) is 5.91 Å². The highest BCUT2D eigenvalue weighted by Crippen LogP contribution is 2.26. The Morgan fingerprint density at radius 1 is 1.38 bits per heavy atom. The van der Waals surface area contributed by atoms with Gasteiger partial charge in [-0.1, -0.05) is 0 Å². The third kappa shape index (κ3) is 2.89. The highest BCUT2D eigenvalue weighted by Gasteiger charge is 2.07. The third-order valence-electron chi connectivity index (χ3n) is 2.45. The van der Waals surface area contributed by atoms with Gasteiger partial charge in [-0.2, -0.15) is 0 Å². The van der Waals surface area contributed by atoms with Gasteiger partial charge in [0, 0.05) is 25.7 Å². The van der Waals surface area contributed by atoms with Crippen LogP contribution < -0.4 is 16.0 Å². The van der Waals surface area contributed by atoms with E-state index in [0.29, 0.717) is 5.69 Å². The molecule has 0 fully saturated rings. The molecular formula is C12H19N3O. The zero-order valence-corrected chi connectivity index (χ0v) is 10.1. The van der Waals surface area contributed by atoms with Crippen molar-refractivity contribution in [2.45, 2.75) is 20.8 Å². The van der Waals surface area contributed by atoms with E-state index < -0.39 is 0 Å². The number of carbonyl (C=O) groups is 1. The molecule has 16 heavy (non-hydrogen) atoms. The molecule has 0 heterocycles. The molecule has 1 amide bonds. The average Bonchev–Trinajstić information content (AvgIpc) is 2.21. The Morgan fingerprint density at radius 2 is 2.00 bits per heavy atom. The number of hydrogen-bond acceptors (Lipinski definition) is 3. The first-order valence-electron chi connectivity index (χ1n) is 5.50. The average molecular weight is 221 g/mol. The van der Waals surface area contributed by atoms with Crippen molar-refractivity contribution >= 4 is 23.0 Å². The van der Waals surface area contributed by atoms with Gasteiger partial charge in [0.15, 0.2) is 0 Å². The van der Waals surface area contributed by atoms with E-state index in [4.69, 9.17) is 5.73 Å². The molecule has 0 radical (unpaired) electrons. The molecule has 0 aliphatic carbocycles. The van der Waals surface area contributed by atoms with Gasteiger partial charge in [0.2, 0.25) is 5.91 Å². The van der Waals surface area contributed by atoms with Crippen LogP contribution in [0.2, 0.25) is 0 Å². The standard InChI is InChI=1S/C12H19N3O/c1-4-15(5-2)12-7-6-10(8-11(12)13)14-9(3)16/h6-8H,4-5,13H2,1-3H3,(H,14,16). The maximum absolute atomic E-state index is 10.9. The predicted octanol–water partition coefficient (Wildman–Crippen LogP) is 2.07. The minimum atomic E-state index is -0.0880. The smallest absolute Gasteiger partial charge is 0.221 e. The molecule has 1 aromatic carbocycles. The zero-order valence-electron chi connectivity index (χ0n) is 10.1. The Bertz CT molecular complexity index is 373. The lowest BCUT2D eigenvalue weighted by Crippen LogP contribution is -2.23. The molecule has 0 bridgehead atoms. The lowest BCUT2D eigenvalue weighted by molar-refractivity contribution is -0.114. The summed E-state index contributed by atoms with van der Waals surface area (Å²) in [5, 5.41) is 2.71. The van der Waals surface area contributed by atoms with Crippen LogP contribution >= 0.6 is 0 Å². The van der Waals surface area contributed by atoms with Gasteiger partial charge < -0.3 is 16.0 Å². The van der Waals surface area contributed by atoms with Crippen molar-refractivity contribution in [3.63, 3.8) is 0 Å². The van der Waals surface area contributed by atoms with Gasteiger partial charge in [0.1, 0.15) is 0 Å². The Balaban J connectivity index is 2.94. The van der Waals surface area contributed by atoms with Gasteiger partial charge in [0.05, 0.1) is 11.4 Å². The van der Waals surface area contributed by atoms with E-state index in [0.717, 1.165) is 24.5 Å². The summed E-state index contributed by atoms with van der Waals surface area (Å²) in [6, 6.07) is 5.59. The number of hydrogen-bond donors (Lipinski definition) is 2. The summed E-state index contributed by atoms with van der Waals surface area (Å²) in [7, 11) is 0. The highest BCUT2D eigenvalue weighted by molar-refractivity contribution is 5.90. The van der Waals surface area contributed by atoms with Gasteiger partial charge >= 0.3 is 0 Å². The summed E-state index contributed by atoms with van der Waals surface area (Å²) in [4.78, 5) is 13.1. The Labute approximate surface area is 96.4 Å². The van der Waals surface area contributed by atoms with E-state index in [2.05, 4.69) is 24.1 Å². The summed E-state index contributed by atoms with van der Waals surface area (Å²) < 4.78 is 0. The van der Waals surface area contributed by atoms with Crippen LogP contribution in [0.3, 0.4) is 0 Å². The molecule has 3 N–H and O–H groups in total. The molecule has 88 valence electrons. The Morgan fingerprint density at radius 3 is 2.44 bits per heavy atom. The largest absolute Gasteiger partial charge is 0.397 e. The van der Waals surface area contributed by atoms with Crippen molar-refractivity contribution in [1.29, 1.82) is 0 Å².